The van der Waals surface area contributed by atoms with E-state index in [4.69, 9.17) is 5.11 Å². The fourth-order valence-corrected chi connectivity index (χ4v) is 1.53. The highest BCUT2D eigenvalue weighted by Crippen LogP contribution is 2.09. The van der Waals surface area contributed by atoms with Crippen molar-refractivity contribution < 1.29 is 9.90 Å². The van der Waals surface area contributed by atoms with Gasteiger partial charge in [-0.1, -0.05) is 13.0 Å². The number of aliphatic carboxylic acids is 1. The highest BCUT2D eigenvalue weighted by Gasteiger charge is 2.15. The number of aryl methyl sites for hydroxylation is 1. The molecule has 1 unspecified atom stereocenters. The Balaban J connectivity index is 2.33. The van der Waals surface area contributed by atoms with E-state index in [0.29, 0.717) is 12.2 Å². The highest BCUT2D eigenvalue weighted by molar-refractivity contribution is 5.69. The van der Waals surface area contributed by atoms with Crippen molar-refractivity contribution in [1.29, 1.82) is 0 Å². The van der Waals surface area contributed by atoms with Crippen LogP contribution in [0.1, 0.15) is 18.4 Å². The first-order valence-electron chi connectivity index (χ1n) is 5.12. The fraction of sp³-hybridized carbons (Fsp3) is 0.364. The van der Waals surface area contributed by atoms with Crippen molar-refractivity contribution in [3.63, 3.8) is 0 Å². The van der Waals surface area contributed by atoms with E-state index in [1.165, 1.54) is 0 Å². The maximum atomic E-state index is 10.7. The quantitative estimate of drug-likeness (QED) is 0.844. The average molecular weight is 219 g/mol. The summed E-state index contributed by atoms with van der Waals surface area (Å²) in [6.07, 6.45) is 0.358. The Kier molecular flexibility index (Phi) is 2.60. The number of carboxylic acids is 1. The molecule has 1 atom stereocenters. The van der Waals surface area contributed by atoms with E-state index >= 15 is 0 Å². The summed E-state index contributed by atoms with van der Waals surface area (Å²) in [6.45, 7) is 3.59. The lowest BCUT2D eigenvalue weighted by Crippen LogP contribution is -2.13. The van der Waals surface area contributed by atoms with Gasteiger partial charge in [0, 0.05) is 12.1 Å². The van der Waals surface area contributed by atoms with Gasteiger partial charge in [-0.3, -0.25) is 4.79 Å². The zero-order valence-corrected chi connectivity index (χ0v) is 9.21. The molecule has 0 aliphatic rings. The topological polar surface area (TPSA) is 67.5 Å². The number of hydrogen-bond donors (Lipinski definition) is 1. The van der Waals surface area contributed by atoms with Crippen LogP contribution in [0.15, 0.2) is 18.2 Å². The van der Waals surface area contributed by atoms with Gasteiger partial charge in [0.2, 0.25) is 0 Å². The van der Waals surface area contributed by atoms with E-state index in [1.54, 1.807) is 11.4 Å². The van der Waals surface area contributed by atoms with Gasteiger partial charge in [0.15, 0.2) is 11.5 Å². The van der Waals surface area contributed by atoms with Gasteiger partial charge in [0.25, 0.3) is 0 Å². The first-order chi connectivity index (χ1) is 7.58. The molecule has 84 valence electrons. The zero-order valence-electron chi connectivity index (χ0n) is 9.21. The maximum Gasteiger partial charge on any atom is 0.306 e. The molecule has 0 saturated heterocycles. The lowest BCUT2D eigenvalue weighted by molar-refractivity contribution is -0.141. The van der Waals surface area contributed by atoms with Crippen molar-refractivity contribution in [3.8, 4) is 0 Å². The average Bonchev–Trinajstić information content (AvgIpc) is 2.61. The van der Waals surface area contributed by atoms with Crippen molar-refractivity contribution in [3.05, 3.63) is 29.7 Å². The van der Waals surface area contributed by atoms with Gasteiger partial charge in [0.05, 0.1) is 5.92 Å². The SMILES string of the molecule is Cc1cccc2nc(CC(C)C(=O)O)nn12. The van der Waals surface area contributed by atoms with Crippen LogP contribution in [0.5, 0.6) is 0 Å². The molecule has 0 aliphatic carbocycles. The third-order valence-corrected chi connectivity index (χ3v) is 2.50. The molecule has 2 heterocycles. The largest absolute Gasteiger partial charge is 0.481 e. The number of aromatic nitrogens is 3. The summed E-state index contributed by atoms with van der Waals surface area (Å²) in [7, 11) is 0. The van der Waals surface area contributed by atoms with Gasteiger partial charge < -0.3 is 5.11 Å². The summed E-state index contributed by atoms with van der Waals surface area (Å²) < 4.78 is 1.73. The molecule has 0 aliphatic heterocycles. The number of rotatable bonds is 3. The lowest BCUT2D eigenvalue weighted by Gasteiger charge is -2.00. The molecule has 0 aromatic carbocycles. The summed E-state index contributed by atoms with van der Waals surface area (Å²) >= 11 is 0. The smallest absolute Gasteiger partial charge is 0.306 e. The molecule has 1 N–H and O–H groups in total. The molecule has 0 spiro atoms. The minimum Gasteiger partial charge on any atom is -0.481 e. The van der Waals surface area contributed by atoms with Crippen LogP contribution in [0.2, 0.25) is 0 Å². The number of carbonyl (C=O) groups is 1. The van der Waals surface area contributed by atoms with Crippen LogP contribution in [-0.4, -0.2) is 25.7 Å². The van der Waals surface area contributed by atoms with Crippen molar-refractivity contribution in [2.45, 2.75) is 20.3 Å². The van der Waals surface area contributed by atoms with Gasteiger partial charge in [0.1, 0.15) is 0 Å². The first kappa shape index (κ1) is 10.6. The van der Waals surface area contributed by atoms with E-state index in [1.807, 2.05) is 25.1 Å². The minimum absolute atomic E-state index is 0.358. The van der Waals surface area contributed by atoms with Crippen LogP contribution < -0.4 is 0 Å². The molecule has 0 fully saturated rings. The minimum atomic E-state index is -0.824. The molecule has 5 nitrogen and oxygen atoms in total. The van der Waals surface area contributed by atoms with Crippen LogP contribution in [0, 0.1) is 12.8 Å². The lowest BCUT2D eigenvalue weighted by atomic mass is 10.1. The van der Waals surface area contributed by atoms with Gasteiger partial charge in [-0.25, -0.2) is 9.50 Å². The molecule has 16 heavy (non-hydrogen) atoms. The van der Waals surface area contributed by atoms with E-state index in [-0.39, 0.29) is 0 Å². The third-order valence-electron chi connectivity index (χ3n) is 2.50. The normalized spacial score (nSPS) is 12.9. The number of nitrogens with zero attached hydrogens (tertiary/aromatic N) is 3. The van der Waals surface area contributed by atoms with Crippen LogP contribution >= 0.6 is 0 Å². The summed E-state index contributed by atoms with van der Waals surface area (Å²) in [4.78, 5) is 15.0. The Hall–Kier alpha value is -1.91. The third kappa shape index (κ3) is 1.88. The van der Waals surface area contributed by atoms with Gasteiger partial charge >= 0.3 is 5.97 Å². The molecule has 2 aromatic heterocycles. The van der Waals surface area contributed by atoms with E-state index in [9.17, 15) is 4.79 Å². The summed E-state index contributed by atoms with van der Waals surface area (Å²) in [6, 6.07) is 5.70. The number of fused-ring (bicyclic) bond motifs is 1. The van der Waals surface area contributed by atoms with Gasteiger partial charge in [-0.2, -0.15) is 5.10 Å². The van der Waals surface area contributed by atoms with Crippen LogP contribution in [-0.2, 0) is 11.2 Å². The predicted molar refractivity (Wildman–Crippen MR) is 58.2 cm³/mol. The Labute approximate surface area is 92.7 Å². The maximum absolute atomic E-state index is 10.7. The Bertz CT molecular complexity index is 533. The van der Waals surface area contributed by atoms with Crippen molar-refractivity contribution >= 4 is 11.6 Å². The standard InChI is InChI=1S/C11H13N3O2/c1-7(11(15)16)6-9-12-10-5-3-4-8(2)14(10)13-9/h3-5,7H,6H2,1-2H3,(H,15,16). The Morgan fingerprint density at radius 1 is 1.56 bits per heavy atom. The molecule has 2 aromatic rings. The summed E-state index contributed by atoms with van der Waals surface area (Å²) in [5.41, 5.74) is 1.74. The second-order valence-corrected chi connectivity index (χ2v) is 3.91. The number of hydrogen-bond acceptors (Lipinski definition) is 3. The first-order valence-corrected chi connectivity index (χ1v) is 5.12. The van der Waals surface area contributed by atoms with Crippen LogP contribution in [0.25, 0.3) is 5.65 Å². The van der Waals surface area contributed by atoms with Crippen LogP contribution in [0.4, 0.5) is 0 Å². The second kappa shape index (κ2) is 3.92. The van der Waals surface area contributed by atoms with E-state index in [0.717, 1.165) is 11.3 Å². The van der Waals surface area contributed by atoms with E-state index in [2.05, 4.69) is 10.1 Å². The molecule has 0 radical (unpaired) electrons. The van der Waals surface area contributed by atoms with Gasteiger partial charge in [-0.15, -0.1) is 0 Å². The van der Waals surface area contributed by atoms with Crippen molar-refractivity contribution in [1.82, 2.24) is 14.6 Å². The van der Waals surface area contributed by atoms with Crippen LogP contribution in [0.3, 0.4) is 0 Å². The molecule has 0 bridgehead atoms. The number of pyridine rings is 1. The highest BCUT2D eigenvalue weighted by atomic mass is 16.4. The molecular formula is C11H13N3O2. The predicted octanol–water partition coefficient (Wildman–Crippen LogP) is 1.30. The van der Waals surface area contributed by atoms with Crippen molar-refractivity contribution in [2.75, 3.05) is 0 Å². The molecule has 0 saturated carbocycles. The van der Waals surface area contributed by atoms with E-state index < -0.39 is 11.9 Å². The number of carboxylic acid groups (broad SMARTS) is 1. The monoisotopic (exact) mass is 219 g/mol. The molecule has 5 heteroatoms. The second-order valence-electron chi connectivity index (χ2n) is 3.91. The fourth-order valence-electron chi connectivity index (χ4n) is 1.53. The van der Waals surface area contributed by atoms with Gasteiger partial charge in [-0.05, 0) is 19.1 Å². The Morgan fingerprint density at radius 2 is 2.31 bits per heavy atom. The summed E-state index contributed by atoms with van der Waals surface area (Å²) in [5.74, 6) is -0.711. The molecule has 2 rings (SSSR count). The molecular weight excluding hydrogens is 206 g/mol. The Morgan fingerprint density at radius 3 is 2.94 bits per heavy atom. The molecule has 0 amide bonds. The zero-order chi connectivity index (χ0) is 11.7. The van der Waals surface area contributed by atoms with Crippen molar-refractivity contribution in [2.24, 2.45) is 5.92 Å². The summed E-state index contributed by atoms with van der Waals surface area (Å²) in [5, 5.41) is 13.1.